The van der Waals surface area contributed by atoms with E-state index in [4.69, 9.17) is 0 Å². The topological polar surface area (TPSA) is 73.8 Å². The number of nitrogens with one attached hydrogen (secondary N) is 2. The third-order valence-corrected chi connectivity index (χ3v) is 6.62. The van der Waals surface area contributed by atoms with Gasteiger partial charge in [-0.1, -0.05) is 38.1 Å². The summed E-state index contributed by atoms with van der Waals surface area (Å²) in [5.74, 6) is 1.56. The molecule has 7 heteroatoms. The average Bonchev–Trinajstić information content (AvgIpc) is 2.95. The smallest absolute Gasteiger partial charge is 0.214 e. The summed E-state index contributed by atoms with van der Waals surface area (Å²) in [5.41, 5.74) is 2.72. The van der Waals surface area contributed by atoms with Gasteiger partial charge in [0, 0.05) is 33.2 Å². The van der Waals surface area contributed by atoms with E-state index in [2.05, 4.69) is 53.7 Å². The van der Waals surface area contributed by atoms with Crippen LogP contribution in [0.2, 0.25) is 0 Å². The van der Waals surface area contributed by atoms with Crippen LogP contribution in [0.4, 0.5) is 0 Å². The minimum Gasteiger partial charge on any atom is -0.356 e. The second-order valence-corrected chi connectivity index (χ2v) is 9.08. The normalized spacial score (nSPS) is 17.6. The van der Waals surface area contributed by atoms with Gasteiger partial charge in [-0.25, -0.2) is 12.7 Å². The molecule has 0 aromatic heterocycles. The molecule has 1 saturated heterocycles. The molecular weight excluding hydrogens is 348 g/mol. The largest absolute Gasteiger partial charge is 0.356 e. The summed E-state index contributed by atoms with van der Waals surface area (Å²) in [7, 11) is -1.29. The number of benzene rings is 1. The summed E-state index contributed by atoms with van der Waals surface area (Å²) in [6.45, 7) is 6.92. The van der Waals surface area contributed by atoms with Crippen molar-refractivity contribution in [2.24, 2.45) is 4.99 Å². The Hall–Kier alpha value is -1.60. The van der Waals surface area contributed by atoms with Crippen LogP contribution in [0.5, 0.6) is 0 Å². The summed E-state index contributed by atoms with van der Waals surface area (Å²) < 4.78 is 25.1. The molecule has 26 heavy (non-hydrogen) atoms. The van der Waals surface area contributed by atoms with Crippen LogP contribution < -0.4 is 10.6 Å². The predicted octanol–water partition coefficient (Wildman–Crippen LogP) is 1.94. The van der Waals surface area contributed by atoms with E-state index in [1.54, 1.807) is 11.4 Å². The van der Waals surface area contributed by atoms with Gasteiger partial charge < -0.3 is 10.6 Å². The summed E-state index contributed by atoms with van der Waals surface area (Å²) in [6, 6.07) is 8.83. The fourth-order valence-electron chi connectivity index (χ4n) is 3.03. The first-order valence-electron chi connectivity index (χ1n) is 9.43. The lowest BCUT2D eigenvalue weighted by atomic mass is 10.0. The molecule has 0 amide bonds. The Kier molecular flexibility index (Phi) is 7.90. The monoisotopic (exact) mass is 380 g/mol. The van der Waals surface area contributed by atoms with Crippen LogP contribution in [0.3, 0.4) is 0 Å². The second-order valence-electron chi connectivity index (χ2n) is 6.99. The Morgan fingerprint density at radius 2 is 1.88 bits per heavy atom. The van der Waals surface area contributed by atoms with Crippen LogP contribution in [0.25, 0.3) is 0 Å². The van der Waals surface area contributed by atoms with Crippen LogP contribution in [0.15, 0.2) is 29.3 Å². The van der Waals surface area contributed by atoms with E-state index in [1.165, 1.54) is 11.1 Å². The Labute approximate surface area is 158 Å². The maximum Gasteiger partial charge on any atom is 0.214 e. The van der Waals surface area contributed by atoms with Gasteiger partial charge in [0.25, 0.3) is 0 Å². The first kappa shape index (κ1) is 20.7. The number of hydrogen-bond donors (Lipinski definition) is 2. The van der Waals surface area contributed by atoms with Gasteiger partial charge in [-0.3, -0.25) is 4.99 Å². The Balaban J connectivity index is 1.64. The molecule has 146 valence electrons. The Morgan fingerprint density at radius 1 is 1.19 bits per heavy atom. The van der Waals surface area contributed by atoms with Crippen molar-refractivity contribution in [1.29, 1.82) is 0 Å². The molecule has 0 saturated carbocycles. The first-order valence-corrected chi connectivity index (χ1v) is 11.0. The SMILES string of the molecule is CN=C(NCCCc1ccc(C(C)C)cc1)NCCN1CCCS1(=O)=O. The predicted molar refractivity (Wildman–Crippen MR) is 108 cm³/mol. The van der Waals surface area contributed by atoms with Gasteiger partial charge in [0.2, 0.25) is 10.0 Å². The van der Waals surface area contributed by atoms with Crippen molar-refractivity contribution in [3.63, 3.8) is 0 Å². The molecule has 0 radical (unpaired) electrons. The van der Waals surface area contributed by atoms with Gasteiger partial charge >= 0.3 is 0 Å². The number of rotatable bonds is 8. The maximum absolute atomic E-state index is 11.8. The molecule has 2 rings (SSSR count). The van der Waals surface area contributed by atoms with Gasteiger partial charge in [0.15, 0.2) is 5.96 Å². The molecule has 0 bridgehead atoms. The Morgan fingerprint density at radius 3 is 2.46 bits per heavy atom. The van der Waals surface area contributed by atoms with Crippen molar-refractivity contribution >= 4 is 16.0 Å². The molecule has 0 atom stereocenters. The quantitative estimate of drug-likeness (QED) is 0.411. The van der Waals surface area contributed by atoms with Crippen LogP contribution in [-0.2, 0) is 16.4 Å². The van der Waals surface area contributed by atoms with Crippen molar-refractivity contribution in [2.75, 3.05) is 39.0 Å². The molecule has 2 N–H and O–H groups in total. The molecule has 1 aromatic rings. The third kappa shape index (κ3) is 6.29. The fourth-order valence-corrected chi connectivity index (χ4v) is 4.56. The highest BCUT2D eigenvalue weighted by atomic mass is 32.2. The third-order valence-electron chi connectivity index (χ3n) is 4.66. The fraction of sp³-hybridized carbons (Fsp3) is 0.632. The second kappa shape index (κ2) is 9.92. The molecule has 0 unspecified atom stereocenters. The number of guanidine groups is 1. The zero-order chi connectivity index (χ0) is 19.0. The zero-order valence-corrected chi connectivity index (χ0v) is 17.0. The molecule has 1 aliphatic rings. The van der Waals surface area contributed by atoms with Gasteiger partial charge in [-0.05, 0) is 36.3 Å². The van der Waals surface area contributed by atoms with E-state index >= 15 is 0 Å². The van der Waals surface area contributed by atoms with Crippen molar-refractivity contribution in [1.82, 2.24) is 14.9 Å². The van der Waals surface area contributed by atoms with Crippen LogP contribution >= 0.6 is 0 Å². The molecule has 6 nitrogen and oxygen atoms in total. The highest BCUT2D eigenvalue weighted by Gasteiger charge is 2.27. The number of nitrogens with zero attached hydrogens (tertiary/aromatic N) is 2. The molecule has 1 fully saturated rings. The van der Waals surface area contributed by atoms with E-state index in [-0.39, 0.29) is 5.75 Å². The highest BCUT2D eigenvalue weighted by Crippen LogP contribution is 2.15. The summed E-state index contributed by atoms with van der Waals surface area (Å²) in [6.07, 6.45) is 2.77. The van der Waals surface area contributed by atoms with E-state index in [0.29, 0.717) is 25.6 Å². The van der Waals surface area contributed by atoms with Crippen LogP contribution in [0.1, 0.15) is 43.7 Å². The Bertz CT molecular complexity index is 684. The van der Waals surface area contributed by atoms with Crippen molar-refractivity contribution in [2.45, 2.75) is 39.0 Å². The number of aliphatic imine (C=N–C) groups is 1. The minimum atomic E-state index is -3.02. The molecule has 1 heterocycles. The van der Waals surface area contributed by atoms with Gasteiger partial charge in [0.05, 0.1) is 5.75 Å². The highest BCUT2D eigenvalue weighted by molar-refractivity contribution is 7.89. The number of hydrogen-bond acceptors (Lipinski definition) is 3. The minimum absolute atomic E-state index is 0.276. The summed E-state index contributed by atoms with van der Waals surface area (Å²) >= 11 is 0. The maximum atomic E-state index is 11.8. The lowest BCUT2D eigenvalue weighted by molar-refractivity contribution is 0.445. The molecule has 1 aliphatic heterocycles. The summed E-state index contributed by atoms with van der Waals surface area (Å²) in [5, 5.41) is 6.47. The lowest BCUT2D eigenvalue weighted by Crippen LogP contribution is -2.42. The molecule has 0 spiro atoms. The van der Waals surface area contributed by atoms with E-state index < -0.39 is 10.0 Å². The molecule has 1 aromatic carbocycles. The van der Waals surface area contributed by atoms with Crippen molar-refractivity contribution < 1.29 is 8.42 Å². The van der Waals surface area contributed by atoms with Gasteiger partial charge in [-0.2, -0.15) is 0 Å². The first-order chi connectivity index (χ1) is 12.4. The lowest BCUT2D eigenvalue weighted by Gasteiger charge is -2.16. The van der Waals surface area contributed by atoms with Crippen molar-refractivity contribution in [3.05, 3.63) is 35.4 Å². The standard InChI is InChI=1S/C19H32N4O2S/c1-16(2)18-9-7-17(8-10-18)6-4-11-21-19(20-3)22-12-14-23-13-5-15-26(23,24)25/h7-10,16H,4-6,11-15H2,1-3H3,(H2,20,21,22). The van der Waals surface area contributed by atoms with E-state index in [1.807, 2.05) is 0 Å². The number of aryl methyl sites for hydroxylation is 1. The summed E-state index contributed by atoms with van der Waals surface area (Å²) in [4.78, 5) is 4.19. The average molecular weight is 381 g/mol. The number of sulfonamides is 1. The molecule has 0 aliphatic carbocycles. The zero-order valence-electron chi connectivity index (χ0n) is 16.2. The van der Waals surface area contributed by atoms with Crippen molar-refractivity contribution in [3.8, 4) is 0 Å². The van der Waals surface area contributed by atoms with Gasteiger partial charge in [-0.15, -0.1) is 0 Å². The molecular formula is C19H32N4O2S. The van der Waals surface area contributed by atoms with Crippen LogP contribution in [0, 0.1) is 0 Å². The van der Waals surface area contributed by atoms with Crippen LogP contribution in [-0.4, -0.2) is 57.7 Å². The van der Waals surface area contributed by atoms with E-state index in [9.17, 15) is 8.42 Å². The van der Waals surface area contributed by atoms with E-state index in [0.717, 1.165) is 31.8 Å². The van der Waals surface area contributed by atoms with Gasteiger partial charge in [0.1, 0.15) is 0 Å².